The van der Waals surface area contributed by atoms with Crippen molar-refractivity contribution in [3.05, 3.63) is 65.6 Å². The molecule has 1 saturated heterocycles. The number of benzene rings is 2. The zero-order valence-corrected chi connectivity index (χ0v) is 13.0. The third kappa shape index (κ3) is 2.86. The second-order valence-corrected chi connectivity index (χ2v) is 6.21. The molecule has 4 heteroatoms. The second-order valence-electron chi connectivity index (χ2n) is 6.21. The molecule has 2 heterocycles. The molecule has 1 aromatic heterocycles. The summed E-state index contributed by atoms with van der Waals surface area (Å²) in [6, 6.07) is 15.3. The minimum absolute atomic E-state index is 0.223. The maximum atomic E-state index is 13.6. The largest absolute Gasteiger partial charge is 0.317 e. The molecule has 4 rings (SSSR count). The zero-order chi connectivity index (χ0) is 15.6. The Morgan fingerprint density at radius 3 is 2.65 bits per heavy atom. The molecule has 1 N–H and O–H groups in total. The van der Waals surface area contributed by atoms with E-state index in [1.54, 1.807) is 12.1 Å². The molecule has 0 aliphatic carbocycles. The van der Waals surface area contributed by atoms with Crippen molar-refractivity contribution < 1.29 is 4.39 Å². The fourth-order valence-corrected chi connectivity index (χ4v) is 3.53. The van der Waals surface area contributed by atoms with E-state index in [1.807, 2.05) is 24.3 Å². The van der Waals surface area contributed by atoms with Crippen molar-refractivity contribution in [3.8, 4) is 0 Å². The average Bonchev–Trinajstić information content (AvgIpc) is 2.93. The number of nitrogens with one attached hydrogen (secondary N) is 1. The third-order valence-corrected chi connectivity index (χ3v) is 4.64. The predicted molar refractivity (Wildman–Crippen MR) is 90.1 cm³/mol. The molecule has 0 unspecified atom stereocenters. The molecule has 3 aromatic rings. The summed E-state index contributed by atoms with van der Waals surface area (Å²) in [6.07, 6.45) is 2.21. The van der Waals surface area contributed by atoms with Crippen molar-refractivity contribution >= 4 is 10.9 Å². The highest BCUT2D eigenvalue weighted by Crippen LogP contribution is 2.32. The van der Waals surface area contributed by atoms with Gasteiger partial charge in [-0.3, -0.25) is 4.68 Å². The lowest BCUT2D eigenvalue weighted by Gasteiger charge is -2.24. The average molecular weight is 309 g/mol. The zero-order valence-electron chi connectivity index (χ0n) is 13.0. The van der Waals surface area contributed by atoms with Crippen LogP contribution in [-0.4, -0.2) is 22.9 Å². The van der Waals surface area contributed by atoms with Gasteiger partial charge in [-0.15, -0.1) is 0 Å². The fraction of sp³-hybridized carbons (Fsp3) is 0.316. The van der Waals surface area contributed by atoms with Gasteiger partial charge in [-0.05, 0) is 43.6 Å². The van der Waals surface area contributed by atoms with Gasteiger partial charge in [0.25, 0.3) is 0 Å². The van der Waals surface area contributed by atoms with Crippen molar-refractivity contribution in [1.29, 1.82) is 0 Å². The van der Waals surface area contributed by atoms with Crippen molar-refractivity contribution in [3.63, 3.8) is 0 Å². The number of nitrogens with zero attached hydrogens (tertiary/aromatic N) is 2. The van der Waals surface area contributed by atoms with Crippen LogP contribution in [0.2, 0.25) is 0 Å². The van der Waals surface area contributed by atoms with Crippen LogP contribution in [-0.2, 0) is 6.54 Å². The minimum Gasteiger partial charge on any atom is -0.317 e. The number of hydrogen-bond acceptors (Lipinski definition) is 2. The van der Waals surface area contributed by atoms with Crippen LogP contribution < -0.4 is 5.32 Å². The van der Waals surface area contributed by atoms with Gasteiger partial charge >= 0.3 is 0 Å². The lowest BCUT2D eigenvalue weighted by Crippen LogP contribution is -2.28. The molecule has 0 spiro atoms. The van der Waals surface area contributed by atoms with Crippen LogP contribution in [0.5, 0.6) is 0 Å². The summed E-state index contributed by atoms with van der Waals surface area (Å²) in [7, 11) is 0. The van der Waals surface area contributed by atoms with Gasteiger partial charge in [0.05, 0.1) is 12.1 Å². The molecule has 1 fully saturated rings. The van der Waals surface area contributed by atoms with E-state index in [-0.39, 0.29) is 5.82 Å². The van der Waals surface area contributed by atoms with E-state index >= 15 is 0 Å². The molecule has 0 atom stereocenters. The van der Waals surface area contributed by atoms with Gasteiger partial charge in [0.1, 0.15) is 5.82 Å². The summed E-state index contributed by atoms with van der Waals surface area (Å²) in [5, 5.41) is 9.21. The van der Waals surface area contributed by atoms with E-state index in [9.17, 15) is 4.39 Å². The Bertz CT molecular complexity index is 804. The molecular formula is C19H20FN3. The highest BCUT2D eigenvalue weighted by atomic mass is 19.1. The molecule has 0 saturated carbocycles. The first kappa shape index (κ1) is 14.4. The van der Waals surface area contributed by atoms with Crippen molar-refractivity contribution in [2.75, 3.05) is 13.1 Å². The Balaban J connectivity index is 1.80. The molecule has 23 heavy (non-hydrogen) atoms. The van der Waals surface area contributed by atoms with E-state index in [4.69, 9.17) is 5.10 Å². The van der Waals surface area contributed by atoms with Crippen LogP contribution in [0.4, 0.5) is 4.39 Å². The molecule has 2 aromatic carbocycles. The highest BCUT2D eigenvalue weighted by molar-refractivity contribution is 5.82. The quantitative estimate of drug-likeness (QED) is 0.799. The lowest BCUT2D eigenvalue weighted by molar-refractivity contribution is 0.437. The number of hydrogen-bond donors (Lipinski definition) is 1. The van der Waals surface area contributed by atoms with Crippen LogP contribution in [0.1, 0.15) is 30.0 Å². The molecule has 3 nitrogen and oxygen atoms in total. The van der Waals surface area contributed by atoms with Crippen molar-refractivity contribution in [1.82, 2.24) is 15.1 Å². The van der Waals surface area contributed by atoms with Crippen molar-refractivity contribution in [2.45, 2.75) is 25.3 Å². The van der Waals surface area contributed by atoms with E-state index < -0.39 is 0 Å². The van der Waals surface area contributed by atoms with Gasteiger partial charge in [0.2, 0.25) is 0 Å². The van der Waals surface area contributed by atoms with Gasteiger partial charge in [-0.2, -0.15) is 5.10 Å². The van der Waals surface area contributed by atoms with E-state index in [0.717, 1.165) is 43.4 Å². The molecule has 1 aliphatic heterocycles. The van der Waals surface area contributed by atoms with Crippen LogP contribution in [0.25, 0.3) is 10.9 Å². The van der Waals surface area contributed by atoms with Gasteiger partial charge in [0, 0.05) is 23.1 Å². The topological polar surface area (TPSA) is 29.9 Å². The molecule has 1 aliphatic rings. The van der Waals surface area contributed by atoms with E-state index in [2.05, 4.69) is 22.1 Å². The van der Waals surface area contributed by atoms with Crippen LogP contribution in [0.15, 0.2) is 48.5 Å². The van der Waals surface area contributed by atoms with Gasteiger partial charge in [-0.25, -0.2) is 4.39 Å². The number of aromatic nitrogens is 2. The summed E-state index contributed by atoms with van der Waals surface area (Å²) in [6.45, 7) is 2.80. The van der Waals surface area contributed by atoms with Crippen molar-refractivity contribution in [2.24, 2.45) is 0 Å². The first-order valence-electron chi connectivity index (χ1n) is 8.22. The van der Waals surface area contributed by atoms with E-state index in [1.165, 1.54) is 11.3 Å². The highest BCUT2D eigenvalue weighted by Gasteiger charge is 2.23. The maximum Gasteiger partial charge on any atom is 0.125 e. The standard InChI is InChI=1S/C19H20FN3/c20-16-6-7-17-18(12-16)22-23(13-14-4-2-1-3-5-14)19(17)15-8-10-21-11-9-15/h1-7,12,15,21H,8-11,13H2. The molecule has 118 valence electrons. The molecule has 0 amide bonds. The molecule has 0 radical (unpaired) electrons. The van der Waals surface area contributed by atoms with E-state index in [0.29, 0.717) is 5.92 Å². The second kappa shape index (κ2) is 6.13. The normalized spacial score (nSPS) is 16.0. The summed E-state index contributed by atoms with van der Waals surface area (Å²) in [5.41, 5.74) is 3.23. The fourth-order valence-electron chi connectivity index (χ4n) is 3.53. The number of fused-ring (bicyclic) bond motifs is 1. The first-order valence-corrected chi connectivity index (χ1v) is 8.22. The number of rotatable bonds is 3. The van der Waals surface area contributed by atoms with Crippen LogP contribution >= 0.6 is 0 Å². The minimum atomic E-state index is -0.223. The molecule has 0 bridgehead atoms. The van der Waals surface area contributed by atoms with Gasteiger partial charge < -0.3 is 5.32 Å². The summed E-state index contributed by atoms with van der Waals surface area (Å²) in [5.74, 6) is 0.258. The monoisotopic (exact) mass is 309 g/mol. The summed E-state index contributed by atoms with van der Waals surface area (Å²) < 4.78 is 15.7. The Morgan fingerprint density at radius 1 is 1.09 bits per heavy atom. The first-order chi connectivity index (χ1) is 11.3. The Kier molecular flexibility index (Phi) is 3.83. The summed E-state index contributed by atoms with van der Waals surface area (Å²) >= 11 is 0. The lowest BCUT2D eigenvalue weighted by atomic mass is 9.92. The summed E-state index contributed by atoms with van der Waals surface area (Å²) in [4.78, 5) is 0. The SMILES string of the molecule is Fc1ccc2c(C3CCNCC3)n(Cc3ccccc3)nc2c1. The van der Waals surface area contributed by atoms with Crippen LogP contribution in [0.3, 0.4) is 0 Å². The maximum absolute atomic E-state index is 13.6. The Hall–Kier alpha value is -2.20. The number of piperidine rings is 1. The van der Waals surface area contributed by atoms with Crippen LogP contribution in [0, 0.1) is 5.82 Å². The smallest absolute Gasteiger partial charge is 0.125 e. The Labute approximate surface area is 135 Å². The van der Waals surface area contributed by atoms with Gasteiger partial charge in [0.15, 0.2) is 0 Å². The van der Waals surface area contributed by atoms with Gasteiger partial charge in [-0.1, -0.05) is 30.3 Å². The predicted octanol–water partition coefficient (Wildman–Crippen LogP) is 3.69. The molecular weight excluding hydrogens is 289 g/mol. The third-order valence-electron chi connectivity index (χ3n) is 4.64. The Morgan fingerprint density at radius 2 is 1.87 bits per heavy atom. The number of halogens is 1.